The van der Waals surface area contributed by atoms with Gasteiger partial charge in [-0.1, -0.05) is 60.1 Å². The Kier molecular flexibility index (Phi) is 7.12. The number of hydrogen-bond acceptors (Lipinski definition) is 5. The largest absolute Gasteiger partial charge is 0.351 e. The van der Waals surface area contributed by atoms with Gasteiger partial charge in [0.15, 0.2) is 0 Å². The molecule has 0 fully saturated rings. The molecule has 0 atom stereocenters. The van der Waals surface area contributed by atoms with E-state index in [-0.39, 0.29) is 24.6 Å². The average Bonchev–Trinajstić information content (AvgIpc) is 3.22. The van der Waals surface area contributed by atoms with Crippen molar-refractivity contribution in [1.82, 2.24) is 20.1 Å². The third-order valence-corrected chi connectivity index (χ3v) is 6.43. The Morgan fingerprint density at radius 2 is 1.85 bits per heavy atom. The minimum absolute atomic E-state index is 0.231. The summed E-state index contributed by atoms with van der Waals surface area (Å²) < 4.78 is 1.36. The lowest BCUT2D eigenvalue weighted by molar-refractivity contribution is -0.116. The van der Waals surface area contributed by atoms with Crippen molar-refractivity contribution in [3.63, 3.8) is 0 Å². The van der Waals surface area contributed by atoms with Crippen molar-refractivity contribution in [2.45, 2.75) is 13.5 Å². The van der Waals surface area contributed by atoms with Crippen LogP contribution < -0.4 is 10.9 Å². The van der Waals surface area contributed by atoms with Crippen molar-refractivity contribution < 1.29 is 4.79 Å². The fourth-order valence-corrected chi connectivity index (χ4v) is 4.42. The second kappa shape index (κ2) is 10.4. The molecular formula is C25H21ClN4O2S. The molecule has 0 aliphatic carbocycles. The van der Waals surface area contributed by atoms with E-state index in [1.165, 1.54) is 28.2 Å². The average molecular weight is 477 g/mol. The standard InChI is InChI=1S/C25H21ClN4O2S/c1-17-24(33-25(28-17)19-8-3-2-4-9-19)21-12-14-23(32)30(29-21)16-15-27-22(31)13-11-18-7-5-6-10-20(18)26/h2-14H,15-16H2,1H3,(H,27,31). The first-order chi connectivity index (χ1) is 16.0. The number of halogens is 1. The number of benzene rings is 2. The molecule has 8 heteroatoms. The van der Waals surface area contributed by atoms with Crippen molar-refractivity contribution in [2.24, 2.45) is 0 Å². The van der Waals surface area contributed by atoms with Gasteiger partial charge in [-0.3, -0.25) is 9.59 Å². The highest BCUT2D eigenvalue weighted by molar-refractivity contribution is 7.18. The van der Waals surface area contributed by atoms with E-state index in [1.807, 2.05) is 55.5 Å². The first-order valence-corrected chi connectivity index (χ1v) is 11.5. The maximum Gasteiger partial charge on any atom is 0.266 e. The smallest absolute Gasteiger partial charge is 0.266 e. The Hall–Kier alpha value is -3.55. The van der Waals surface area contributed by atoms with Crippen LogP contribution in [-0.4, -0.2) is 27.2 Å². The van der Waals surface area contributed by atoms with Crippen molar-refractivity contribution >= 4 is 34.9 Å². The maximum absolute atomic E-state index is 12.3. The molecule has 0 saturated heterocycles. The number of nitrogens with zero attached hydrogens (tertiary/aromatic N) is 3. The molecule has 166 valence electrons. The Balaban J connectivity index is 1.43. The van der Waals surface area contributed by atoms with Gasteiger partial charge >= 0.3 is 0 Å². The topological polar surface area (TPSA) is 76.9 Å². The molecule has 4 rings (SSSR count). The van der Waals surface area contributed by atoms with Gasteiger partial charge < -0.3 is 5.32 Å². The Morgan fingerprint density at radius 1 is 1.09 bits per heavy atom. The van der Waals surface area contributed by atoms with Crippen LogP contribution in [0.2, 0.25) is 5.02 Å². The van der Waals surface area contributed by atoms with Crippen molar-refractivity contribution in [3.05, 3.63) is 99.4 Å². The van der Waals surface area contributed by atoms with Crippen LogP contribution in [0.15, 0.2) is 77.6 Å². The van der Waals surface area contributed by atoms with Crippen LogP contribution in [0, 0.1) is 6.92 Å². The van der Waals surface area contributed by atoms with E-state index < -0.39 is 0 Å². The van der Waals surface area contributed by atoms with Gasteiger partial charge in [0.05, 0.1) is 17.1 Å². The zero-order valence-corrected chi connectivity index (χ0v) is 19.4. The number of amides is 1. The number of carbonyl (C=O) groups excluding carboxylic acids is 1. The minimum Gasteiger partial charge on any atom is -0.351 e. The van der Waals surface area contributed by atoms with Crippen LogP contribution in [0.25, 0.3) is 27.2 Å². The molecule has 4 aromatic rings. The summed E-state index contributed by atoms with van der Waals surface area (Å²) in [4.78, 5) is 30.0. The van der Waals surface area contributed by atoms with Gasteiger partial charge in [0.1, 0.15) is 10.7 Å². The van der Waals surface area contributed by atoms with Gasteiger partial charge in [0.25, 0.3) is 5.56 Å². The quantitative estimate of drug-likeness (QED) is 0.388. The van der Waals surface area contributed by atoms with Gasteiger partial charge in [0, 0.05) is 29.3 Å². The van der Waals surface area contributed by atoms with Crippen LogP contribution in [0.3, 0.4) is 0 Å². The number of carbonyl (C=O) groups is 1. The molecule has 1 N–H and O–H groups in total. The summed E-state index contributed by atoms with van der Waals surface area (Å²) >= 11 is 7.63. The molecule has 0 bridgehead atoms. The predicted molar refractivity (Wildman–Crippen MR) is 133 cm³/mol. The molecule has 0 radical (unpaired) electrons. The van der Waals surface area contributed by atoms with Crippen LogP contribution in [0.1, 0.15) is 11.3 Å². The minimum atomic E-state index is -0.273. The number of rotatable bonds is 7. The second-order valence-electron chi connectivity index (χ2n) is 7.23. The summed E-state index contributed by atoms with van der Waals surface area (Å²) in [7, 11) is 0. The van der Waals surface area contributed by atoms with E-state index in [2.05, 4.69) is 15.4 Å². The summed E-state index contributed by atoms with van der Waals surface area (Å²) in [6.07, 6.45) is 3.07. The molecule has 2 aromatic carbocycles. The lowest BCUT2D eigenvalue weighted by Gasteiger charge is -2.07. The highest BCUT2D eigenvalue weighted by Crippen LogP contribution is 2.33. The highest BCUT2D eigenvalue weighted by Gasteiger charge is 2.13. The zero-order chi connectivity index (χ0) is 23.2. The first kappa shape index (κ1) is 22.6. The van der Waals surface area contributed by atoms with Crippen LogP contribution in [-0.2, 0) is 11.3 Å². The van der Waals surface area contributed by atoms with Gasteiger partial charge in [-0.05, 0) is 30.7 Å². The van der Waals surface area contributed by atoms with Crippen LogP contribution in [0.4, 0.5) is 0 Å². The molecule has 0 unspecified atom stereocenters. The highest BCUT2D eigenvalue weighted by atomic mass is 35.5. The maximum atomic E-state index is 12.3. The van der Waals surface area contributed by atoms with Crippen molar-refractivity contribution in [2.75, 3.05) is 6.54 Å². The summed E-state index contributed by atoms with van der Waals surface area (Å²) in [5.41, 5.74) is 3.10. The summed E-state index contributed by atoms with van der Waals surface area (Å²) in [6.45, 7) is 2.45. The fourth-order valence-electron chi connectivity index (χ4n) is 3.19. The first-order valence-electron chi connectivity index (χ1n) is 10.3. The number of nitrogens with one attached hydrogen (secondary N) is 1. The summed E-state index contributed by atoms with van der Waals surface area (Å²) in [5, 5.41) is 8.74. The fraction of sp³-hybridized carbons (Fsp3) is 0.120. The van der Waals surface area contributed by atoms with E-state index >= 15 is 0 Å². The number of aromatic nitrogens is 3. The van der Waals surface area contributed by atoms with E-state index in [1.54, 1.807) is 18.2 Å². The number of aryl methyl sites for hydroxylation is 1. The molecule has 0 aliphatic rings. The molecule has 0 saturated carbocycles. The Bertz CT molecular complexity index is 1360. The van der Waals surface area contributed by atoms with Crippen LogP contribution >= 0.6 is 22.9 Å². The summed E-state index contributed by atoms with van der Waals surface area (Å²) in [5.74, 6) is -0.273. The van der Waals surface area contributed by atoms with Crippen LogP contribution in [0.5, 0.6) is 0 Å². The van der Waals surface area contributed by atoms with E-state index in [4.69, 9.17) is 11.6 Å². The van der Waals surface area contributed by atoms with Gasteiger partial charge in [-0.25, -0.2) is 9.67 Å². The molecular weight excluding hydrogens is 456 g/mol. The third kappa shape index (κ3) is 5.63. The van der Waals surface area contributed by atoms with Gasteiger partial charge in [0.2, 0.25) is 5.91 Å². The van der Waals surface area contributed by atoms with Gasteiger partial charge in [-0.15, -0.1) is 11.3 Å². The zero-order valence-electron chi connectivity index (χ0n) is 17.9. The Labute approximate surface area is 200 Å². The lowest BCUT2D eigenvalue weighted by Crippen LogP contribution is -2.31. The third-order valence-electron chi connectivity index (χ3n) is 4.86. The SMILES string of the molecule is Cc1nc(-c2ccccc2)sc1-c1ccc(=O)n(CCNC(=O)C=Cc2ccccc2Cl)n1. The molecule has 33 heavy (non-hydrogen) atoms. The molecule has 0 spiro atoms. The van der Waals surface area contributed by atoms with E-state index in [9.17, 15) is 9.59 Å². The molecule has 2 heterocycles. The van der Waals surface area contributed by atoms with E-state index in [0.717, 1.165) is 26.7 Å². The molecule has 6 nitrogen and oxygen atoms in total. The predicted octanol–water partition coefficient (Wildman–Crippen LogP) is 4.83. The lowest BCUT2D eigenvalue weighted by atomic mass is 10.2. The van der Waals surface area contributed by atoms with Crippen molar-refractivity contribution in [3.8, 4) is 21.1 Å². The van der Waals surface area contributed by atoms with E-state index in [0.29, 0.717) is 10.7 Å². The second-order valence-corrected chi connectivity index (χ2v) is 8.63. The molecule has 1 amide bonds. The van der Waals surface area contributed by atoms with Crippen molar-refractivity contribution in [1.29, 1.82) is 0 Å². The number of hydrogen-bond donors (Lipinski definition) is 1. The normalized spacial score (nSPS) is 11.1. The van der Waals surface area contributed by atoms with Gasteiger partial charge in [-0.2, -0.15) is 5.10 Å². The molecule has 2 aromatic heterocycles. The Morgan fingerprint density at radius 3 is 2.64 bits per heavy atom. The number of thiazole rings is 1. The monoisotopic (exact) mass is 476 g/mol. The summed E-state index contributed by atoms with van der Waals surface area (Å²) in [6, 6.07) is 20.4. The molecule has 0 aliphatic heterocycles.